The third-order valence-corrected chi connectivity index (χ3v) is 5.27. The molecule has 2 fully saturated rings. The van der Waals surface area contributed by atoms with Gasteiger partial charge in [-0.15, -0.1) is 0 Å². The molecular formula is C15H20O. The predicted octanol–water partition coefficient (Wildman–Crippen LogP) is 3.51. The summed E-state index contributed by atoms with van der Waals surface area (Å²) in [6, 6.07) is 0. The minimum atomic E-state index is -0.123. The van der Waals surface area contributed by atoms with Crippen LogP contribution in [-0.4, -0.2) is 5.78 Å². The average Bonchev–Trinajstić information content (AvgIpc) is 2.61. The highest BCUT2D eigenvalue weighted by atomic mass is 16.1. The zero-order chi connectivity index (χ0) is 11.7. The van der Waals surface area contributed by atoms with E-state index in [0.717, 1.165) is 12.8 Å². The van der Waals surface area contributed by atoms with Crippen LogP contribution < -0.4 is 0 Å². The van der Waals surface area contributed by atoms with Gasteiger partial charge in [-0.3, -0.25) is 4.79 Å². The van der Waals surface area contributed by atoms with E-state index in [9.17, 15) is 4.79 Å². The van der Waals surface area contributed by atoms with Crippen LogP contribution in [0.1, 0.15) is 40.5 Å². The Morgan fingerprint density at radius 3 is 2.75 bits per heavy atom. The molecule has 0 N–H and O–H groups in total. The van der Waals surface area contributed by atoms with Crippen LogP contribution in [0.2, 0.25) is 0 Å². The molecule has 1 nitrogen and oxygen atoms in total. The molecule has 3 aliphatic rings. The summed E-state index contributed by atoms with van der Waals surface area (Å²) in [6.45, 7) is 8.68. The molecule has 0 aliphatic heterocycles. The summed E-state index contributed by atoms with van der Waals surface area (Å²) in [6.07, 6.45) is 4.62. The molecule has 86 valence electrons. The normalized spacial score (nSPS) is 45.0. The van der Waals surface area contributed by atoms with E-state index < -0.39 is 0 Å². The van der Waals surface area contributed by atoms with E-state index in [-0.39, 0.29) is 11.3 Å². The second-order valence-corrected chi connectivity index (χ2v) is 6.22. The van der Waals surface area contributed by atoms with E-state index >= 15 is 0 Å². The average molecular weight is 216 g/mol. The Bertz CT molecular complexity index is 436. The molecule has 0 aromatic rings. The van der Waals surface area contributed by atoms with Crippen LogP contribution in [0.3, 0.4) is 0 Å². The Morgan fingerprint density at radius 2 is 2.12 bits per heavy atom. The number of ketones is 1. The van der Waals surface area contributed by atoms with Crippen molar-refractivity contribution in [1.82, 2.24) is 0 Å². The lowest BCUT2D eigenvalue weighted by Gasteiger charge is -2.26. The van der Waals surface area contributed by atoms with Gasteiger partial charge in [-0.25, -0.2) is 0 Å². The van der Waals surface area contributed by atoms with Gasteiger partial charge in [0, 0.05) is 5.92 Å². The molecule has 0 heterocycles. The first-order valence-electron chi connectivity index (χ1n) is 6.35. The number of carbonyl (C=O) groups is 1. The van der Waals surface area contributed by atoms with E-state index in [1.807, 2.05) is 0 Å². The Labute approximate surface area is 97.6 Å². The number of fused-ring (bicyclic) bond motifs is 1. The molecule has 2 saturated carbocycles. The van der Waals surface area contributed by atoms with Crippen molar-refractivity contribution in [3.8, 4) is 0 Å². The summed E-state index contributed by atoms with van der Waals surface area (Å²) in [5.41, 5.74) is 4.03. The van der Waals surface area contributed by atoms with E-state index in [4.69, 9.17) is 0 Å². The molecule has 0 spiro atoms. The maximum atomic E-state index is 12.6. The van der Waals surface area contributed by atoms with Crippen molar-refractivity contribution < 1.29 is 4.79 Å². The highest BCUT2D eigenvalue weighted by Gasteiger charge is 2.61. The molecule has 3 aliphatic carbocycles. The largest absolute Gasteiger partial charge is 0.298 e. The maximum absolute atomic E-state index is 12.6. The molecule has 1 heteroatoms. The molecule has 3 rings (SSSR count). The summed E-state index contributed by atoms with van der Waals surface area (Å²) in [5, 5.41) is 0. The first-order chi connectivity index (χ1) is 7.46. The minimum Gasteiger partial charge on any atom is -0.298 e. The molecular weight excluding hydrogens is 196 g/mol. The fraction of sp³-hybridized carbons (Fsp3) is 0.667. The predicted molar refractivity (Wildman–Crippen MR) is 64.9 cm³/mol. The molecule has 0 aromatic carbocycles. The number of carbonyl (C=O) groups excluding carboxylic acids is 1. The van der Waals surface area contributed by atoms with E-state index in [2.05, 4.69) is 33.8 Å². The second-order valence-electron chi connectivity index (χ2n) is 6.22. The van der Waals surface area contributed by atoms with Gasteiger partial charge in [-0.05, 0) is 52.4 Å². The quantitative estimate of drug-likeness (QED) is 0.566. The lowest BCUT2D eigenvalue weighted by Crippen LogP contribution is -2.28. The van der Waals surface area contributed by atoms with Gasteiger partial charge in [0.25, 0.3) is 0 Å². The van der Waals surface area contributed by atoms with E-state index in [1.54, 1.807) is 0 Å². The monoisotopic (exact) mass is 216 g/mol. The first kappa shape index (κ1) is 10.3. The van der Waals surface area contributed by atoms with Crippen LogP contribution in [0, 0.1) is 23.2 Å². The summed E-state index contributed by atoms with van der Waals surface area (Å²) in [5.74, 6) is 1.97. The maximum Gasteiger partial charge on any atom is 0.150 e. The summed E-state index contributed by atoms with van der Waals surface area (Å²) >= 11 is 0. The number of hydrogen-bond acceptors (Lipinski definition) is 1. The van der Waals surface area contributed by atoms with Crippen LogP contribution in [-0.2, 0) is 4.79 Å². The van der Waals surface area contributed by atoms with Crippen molar-refractivity contribution in [2.45, 2.75) is 40.5 Å². The van der Waals surface area contributed by atoms with Crippen LogP contribution in [0.5, 0.6) is 0 Å². The summed E-state index contributed by atoms with van der Waals surface area (Å²) in [4.78, 5) is 12.6. The van der Waals surface area contributed by atoms with Gasteiger partial charge < -0.3 is 0 Å². The van der Waals surface area contributed by atoms with Gasteiger partial charge >= 0.3 is 0 Å². The van der Waals surface area contributed by atoms with E-state index in [0.29, 0.717) is 17.6 Å². The van der Waals surface area contributed by atoms with Crippen molar-refractivity contribution in [2.75, 3.05) is 0 Å². The van der Waals surface area contributed by atoms with Crippen LogP contribution >= 0.6 is 0 Å². The fourth-order valence-corrected chi connectivity index (χ4v) is 4.45. The third-order valence-electron chi connectivity index (χ3n) is 5.27. The molecule has 0 amide bonds. The molecule has 4 atom stereocenters. The standard InChI is InChI=1S/C15H20O/c1-8(2)12-6-10-5-9(3)11-7-13(10)15(12,4)14(11)16/h5,10-11,13H,6-7H2,1-4H3/t10-,11+,13-,15+/m0/s1. The molecule has 2 bridgehead atoms. The first-order valence-corrected chi connectivity index (χ1v) is 6.35. The highest BCUT2D eigenvalue weighted by Crippen LogP contribution is 2.63. The van der Waals surface area contributed by atoms with Crippen LogP contribution in [0.25, 0.3) is 0 Å². The van der Waals surface area contributed by atoms with Gasteiger partial charge in [0.1, 0.15) is 5.78 Å². The molecule has 0 unspecified atom stereocenters. The van der Waals surface area contributed by atoms with Crippen LogP contribution in [0.15, 0.2) is 22.8 Å². The van der Waals surface area contributed by atoms with Gasteiger partial charge in [0.05, 0.1) is 5.41 Å². The lowest BCUT2D eigenvalue weighted by molar-refractivity contribution is -0.126. The van der Waals surface area contributed by atoms with Crippen molar-refractivity contribution in [3.63, 3.8) is 0 Å². The highest BCUT2D eigenvalue weighted by molar-refractivity contribution is 5.95. The number of rotatable bonds is 0. The Morgan fingerprint density at radius 1 is 1.44 bits per heavy atom. The van der Waals surface area contributed by atoms with E-state index in [1.165, 1.54) is 16.7 Å². The fourth-order valence-electron chi connectivity index (χ4n) is 4.45. The van der Waals surface area contributed by atoms with Gasteiger partial charge in [0.2, 0.25) is 0 Å². The van der Waals surface area contributed by atoms with Crippen molar-refractivity contribution in [2.24, 2.45) is 23.2 Å². The smallest absolute Gasteiger partial charge is 0.150 e. The molecule has 0 saturated heterocycles. The van der Waals surface area contributed by atoms with Crippen molar-refractivity contribution in [1.29, 1.82) is 0 Å². The second kappa shape index (κ2) is 2.88. The lowest BCUT2D eigenvalue weighted by atomic mass is 9.76. The Kier molecular flexibility index (Phi) is 1.86. The zero-order valence-electron chi connectivity index (χ0n) is 10.6. The SMILES string of the molecule is CC1=C[C@H]2CC(=C(C)C)[C@@]3(C)C(=O)[C@@H]1C[C@@H]23. The summed E-state index contributed by atoms with van der Waals surface area (Å²) < 4.78 is 0. The van der Waals surface area contributed by atoms with Gasteiger partial charge in [0.15, 0.2) is 0 Å². The zero-order valence-corrected chi connectivity index (χ0v) is 10.6. The topological polar surface area (TPSA) is 17.1 Å². The third kappa shape index (κ3) is 0.952. The summed E-state index contributed by atoms with van der Waals surface area (Å²) in [7, 11) is 0. The van der Waals surface area contributed by atoms with Gasteiger partial charge in [-0.2, -0.15) is 0 Å². The molecule has 16 heavy (non-hydrogen) atoms. The Balaban J connectivity index is 2.22. The van der Waals surface area contributed by atoms with Crippen molar-refractivity contribution in [3.05, 3.63) is 22.8 Å². The minimum absolute atomic E-state index is 0.123. The van der Waals surface area contributed by atoms with Crippen LogP contribution in [0.4, 0.5) is 0 Å². The van der Waals surface area contributed by atoms with Crippen molar-refractivity contribution >= 4 is 5.78 Å². The molecule has 0 aromatic heterocycles. The van der Waals surface area contributed by atoms with Gasteiger partial charge in [-0.1, -0.05) is 22.8 Å². The Hall–Kier alpha value is -0.850. The number of allylic oxidation sites excluding steroid dienone is 4. The number of hydrogen-bond donors (Lipinski definition) is 0. The molecule has 0 radical (unpaired) electrons. The number of Topliss-reactive ketones (excluding diaryl/α,β-unsaturated/α-hetero) is 1.